The molecule has 0 unspecified atom stereocenters. The summed E-state index contributed by atoms with van der Waals surface area (Å²) in [4.78, 5) is 2.27. The minimum absolute atomic E-state index is 0.203. The first-order valence-electron chi connectivity index (χ1n) is 10.9. The molecule has 0 radical (unpaired) electrons. The van der Waals surface area contributed by atoms with Gasteiger partial charge in [-0.2, -0.15) is 0 Å². The standard InChI is InChI=1S/C23H40N2O4/c1-17(2)19(15-20(24)21(26)16-25-9-5-10-25)13-18-7-8-22(28-4)23(14-18)29-12-6-11-27-3/h7-8,14,17,19-21,26H,5-6,9-13,15-16,24H2,1-4H3/t19-,20-,21-/m0/s1. The first-order chi connectivity index (χ1) is 13.9. The van der Waals surface area contributed by atoms with Gasteiger partial charge in [0.2, 0.25) is 0 Å². The van der Waals surface area contributed by atoms with Gasteiger partial charge in [-0.15, -0.1) is 0 Å². The fraction of sp³-hybridized carbons (Fsp3) is 0.739. The van der Waals surface area contributed by atoms with E-state index in [1.807, 2.05) is 6.07 Å². The van der Waals surface area contributed by atoms with Crippen molar-refractivity contribution in [2.75, 3.05) is 47.1 Å². The maximum absolute atomic E-state index is 10.5. The van der Waals surface area contributed by atoms with E-state index in [-0.39, 0.29) is 6.04 Å². The molecule has 0 bridgehead atoms. The smallest absolute Gasteiger partial charge is 0.161 e. The molecule has 1 saturated heterocycles. The molecule has 3 N–H and O–H groups in total. The van der Waals surface area contributed by atoms with E-state index in [1.165, 1.54) is 12.0 Å². The topological polar surface area (TPSA) is 77.2 Å². The summed E-state index contributed by atoms with van der Waals surface area (Å²) in [5, 5.41) is 10.5. The molecule has 6 heteroatoms. The van der Waals surface area contributed by atoms with Gasteiger partial charge < -0.3 is 30.0 Å². The van der Waals surface area contributed by atoms with Gasteiger partial charge in [-0.25, -0.2) is 0 Å². The number of aliphatic hydroxyl groups excluding tert-OH is 1. The van der Waals surface area contributed by atoms with Gasteiger partial charge >= 0.3 is 0 Å². The molecule has 0 spiro atoms. The summed E-state index contributed by atoms with van der Waals surface area (Å²) in [5.41, 5.74) is 7.58. The number of hydrogen-bond acceptors (Lipinski definition) is 6. The Bertz CT molecular complexity index is 592. The quantitative estimate of drug-likeness (QED) is 0.461. The molecule has 166 valence electrons. The lowest BCUT2D eigenvalue weighted by Crippen LogP contribution is -2.49. The van der Waals surface area contributed by atoms with Crippen LogP contribution in [-0.4, -0.2) is 69.2 Å². The van der Waals surface area contributed by atoms with Gasteiger partial charge in [-0.1, -0.05) is 19.9 Å². The zero-order chi connectivity index (χ0) is 21.2. The van der Waals surface area contributed by atoms with Crippen molar-refractivity contribution < 1.29 is 19.3 Å². The molecule has 1 aromatic rings. The number of benzene rings is 1. The largest absolute Gasteiger partial charge is 0.493 e. The lowest BCUT2D eigenvalue weighted by Gasteiger charge is -2.35. The number of ether oxygens (including phenoxy) is 3. The normalized spacial score (nSPS) is 17.6. The van der Waals surface area contributed by atoms with Crippen LogP contribution in [0, 0.1) is 11.8 Å². The third kappa shape index (κ3) is 7.78. The summed E-state index contributed by atoms with van der Waals surface area (Å²) >= 11 is 0. The number of nitrogens with two attached hydrogens (primary N) is 1. The van der Waals surface area contributed by atoms with Gasteiger partial charge in [0.15, 0.2) is 11.5 Å². The molecule has 0 aliphatic carbocycles. The van der Waals surface area contributed by atoms with Gasteiger partial charge in [0.1, 0.15) is 0 Å². The summed E-state index contributed by atoms with van der Waals surface area (Å²) in [5.74, 6) is 2.39. The number of nitrogens with zero attached hydrogens (tertiary/aromatic N) is 1. The molecule has 1 aliphatic heterocycles. The first kappa shape index (κ1) is 23.9. The van der Waals surface area contributed by atoms with Gasteiger partial charge in [0.05, 0.1) is 19.8 Å². The molecule has 0 saturated carbocycles. The van der Waals surface area contributed by atoms with Crippen molar-refractivity contribution in [2.24, 2.45) is 17.6 Å². The van der Waals surface area contributed by atoms with Crippen LogP contribution in [0.25, 0.3) is 0 Å². The van der Waals surface area contributed by atoms with Crippen molar-refractivity contribution in [3.8, 4) is 11.5 Å². The van der Waals surface area contributed by atoms with Crippen LogP contribution in [0.1, 0.15) is 38.7 Å². The van der Waals surface area contributed by atoms with E-state index in [9.17, 15) is 5.11 Å². The van der Waals surface area contributed by atoms with Gasteiger partial charge in [0, 0.05) is 32.7 Å². The number of aliphatic hydroxyl groups is 1. The maximum Gasteiger partial charge on any atom is 0.161 e. The lowest BCUT2D eigenvalue weighted by molar-refractivity contribution is 0.0551. The van der Waals surface area contributed by atoms with Crippen LogP contribution in [0.5, 0.6) is 11.5 Å². The van der Waals surface area contributed by atoms with Crippen LogP contribution in [0.15, 0.2) is 18.2 Å². The molecule has 1 heterocycles. The second-order valence-electron chi connectivity index (χ2n) is 8.51. The Morgan fingerprint density at radius 1 is 1.14 bits per heavy atom. The van der Waals surface area contributed by atoms with Crippen LogP contribution < -0.4 is 15.2 Å². The minimum Gasteiger partial charge on any atom is -0.493 e. The zero-order valence-electron chi connectivity index (χ0n) is 18.6. The third-order valence-corrected chi connectivity index (χ3v) is 5.88. The average Bonchev–Trinajstić information content (AvgIpc) is 2.67. The predicted octanol–water partition coefficient (Wildman–Crippen LogP) is 2.71. The monoisotopic (exact) mass is 408 g/mol. The molecule has 0 amide bonds. The fourth-order valence-corrected chi connectivity index (χ4v) is 3.71. The molecule has 1 fully saturated rings. The van der Waals surface area contributed by atoms with E-state index < -0.39 is 6.10 Å². The molecule has 2 rings (SSSR count). The molecule has 1 aromatic carbocycles. The summed E-state index contributed by atoms with van der Waals surface area (Å²) in [6.45, 7) is 8.57. The highest BCUT2D eigenvalue weighted by molar-refractivity contribution is 5.43. The number of hydrogen-bond donors (Lipinski definition) is 2. The number of likely N-dealkylation sites (tertiary alicyclic amines) is 1. The zero-order valence-corrected chi connectivity index (χ0v) is 18.6. The molecule has 6 nitrogen and oxygen atoms in total. The minimum atomic E-state index is -0.466. The van der Waals surface area contributed by atoms with Crippen molar-refractivity contribution in [3.63, 3.8) is 0 Å². The molecular formula is C23H40N2O4. The lowest BCUT2D eigenvalue weighted by atomic mass is 9.83. The number of rotatable bonds is 14. The molecular weight excluding hydrogens is 368 g/mol. The fourth-order valence-electron chi connectivity index (χ4n) is 3.71. The van der Waals surface area contributed by atoms with E-state index in [0.29, 0.717) is 31.6 Å². The van der Waals surface area contributed by atoms with E-state index in [0.717, 1.165) is 43.9 Å². The second-order valence-corrected chi connectivity index (χ2v) is 8.51. The summed E-state index contributed by atoms with van der Waals surface area (Å²) in [7, 11) is 3.35. The Kier molecular flexibility index (Phi) is 10.2. The predicted molar refractivity (Wildman–Crippen MR) is 117 cm³/mol. The van der Waals surface area contributed by atoms with E-state index >= 15 is 0 Å². The van der Waals surface area contributed by atoms with E-state index in [4.69, 9.17) is 19.9 Å². The Labute approximate surface area is 176 Å². The highest BCUT2D eigenvalue weighted by Crippen LogP contribution is 2.31. The molecule has 29 heavy (non-hydrogen) atoms. The highest BCUT2D eigenvalue weighted by atomic mass is 16.5. The van der Waals surface area contributed by atoms with Crippen LogP contribution in [-0.2, 0) is 11.2 Å². The second kappa shape index (κ2) is 12.4. The number of β-amino-alcohol motifs (C(OH)–C–C–N with tert-alkyl or cyclic N) is 1. The first-order valence-corrected chi connectivity index (χ1v) is 10.9. The van der Waals surface area contributed by atoms with Crippen molar-refractivity contribution in [2.45, 2.75) is 51.7 Å². The summed E-state index contributed by atoms with van der Waals surface area (Å²) < 4.78 is 16.4. The third-order valence-electron chi connectivity index (χ3n) is 5.88. The van der Waals surface area contributed by atoms with E-state index in [1.54, 1.807) is 14.2 Å². The van der Waals surface area contributed by atoms with Crippen molar-refractivity contribution in [3.05, 3.63) is 23.8 Å². The molecule has 1 aliphatic rings. The average molecular weight is 409 g/mol. The van der Waals surface area contributed by atoms with Crippen LogP contribution in [0.3, 0.4) is 0 Å². The van der Waals surface area contributed by atoms with Gasteiger partial charge in [-0.05, 0) is 61.9 Å². The summed E-state index contributed by atoms with van der Waals surface area (Å²) in [6.07, 6.45) is 3.31. The number of methoxy groups -OCH3 is 2. The van der Waals surface area contributed by atoms with E-state index in [2.05, 4.69) is 30.9 Å². The van der Waals surface area contributed by atoms with Crippen molar-refractivity contribution >= 4 is 0 Å². The van der Waals surface area contributed by atoms with Crippen LogP contribution in [0.2, 0.25) is 0 Å². The van der Waals surface area contributed by atoms with Gasteiger partial charge in [0.25, 0.3) is 0 Å². The van der Waals surface area contributed by atoms with Gasteiger partial charge in [-0.3, -0.25) is 0 Å². The highest BCUT2D eigenvalue weighted by Gasteiger charge is 2.26. The van der Waals surface area contributed by atoms with Crippen molar-refractivity contribution in [1.29, 1.82) is 0 Å². The van der Waals surface area contributed by atoms with Crippen LogP contribution >= 0.6 is 0 Å². The Balaban J connectivity index is 1.97. The summed E-state index contributed by atoms with van der Waals surface area (Å²) in [6, 6.07) is 5.93. The Morgan fingerprint density at radius 3 is 2.48 bits per heavy atom. The Morgan fingerprint density at radius 2 is 1.90 bits per heavy atom. The molecule has 3 atom stereocenters. The van der Waals surface area contributed by atoms with Crippen molar-refractivity contribution in [1.82, 2.24) is 4.90 Å². The SMILES string of the molecule is COCCCOc1cc(C[C@@H](C[C@H](N)[C@@H](O)CN2CCC2)C(C)C)ccc1OC. The maximum atomic E-state index is 10.5. The Hall–Kier alpha value is -1.34. The van der Waals surface area contributed by atoms with Crippen LogP contribution in [0.4, 0.5) is 0 Å². The molecule has 0 aromatic heterocycles.